The van der Waals surface area contributed by atoms with Gasteiger partial charge >= 0.3 is 0 Å². The predicted molar refractivity (Wildman–Crippen MR) is 78.3 cm³/mol. The van der Waals surface area contributed by atoms with E-state index in [0.29, 0.717) is 6.54 Å². The first-order chi connectivity index (χ1) is 9.54. The summed E-state index contributed by atoms with van der Waals surface area (Å²) in [6.07, 6.45) is 4.15. The van der Waals surface area contributed by atoms with Crippen molar-refractivity contribution in [1.82, 2.24) is 15.1 Å². The third-order valence-corrected chi connectivity index (χ3v) is 4.55. The van der Waals surface area contributed by atoms with E-state index in [0.717, 1.165) is 44.9 Å². The Bertz CT molecular complexity index is 343. The first kappa shape index (κ1) is 15.3. The second-order valence-electron chi connectivity index (χ2n) is 6.31. The highest BCUT2D eigenvalue weighted by Crippen LogP contribution is 2.15. The fourth-order valence-corrected chi connectivity index (χ4v) is 3.04. The van der Waals surface area contributed by atoms with Crippen LogP contribution in [0, 0.1) is 5.92 Å². The average molecular weight is 281 g/mol. The number of hydrogen-bond acceptors (Lipinski definition) is 3. The molecular formula is C15H27N3O2. The molecular weight excluding hydrogens is 254 g/mol. The molecule has 0 spiro atoms. The molecule has 0 radical (unpaired) electrons. The van der Waals surface area contributed by atoms with Gasteiger partial charge in [-0.15, -0.1) is 0 Å². The molecule has 0 aliphatic carbocycles. The van der Waals surface area contributed by atoms with Crippen LogP contribution in [0.3, 0.4) is 0 Å². The molecule has 0 aromatic carbocycles. The lowest BCUT2D eigenvalue weighted by Gasteiger charge is -2.33. The molecule has 2 saturated heterocycles. The number of likely N-dealkylation sites (tertiary alicyclic amines) is 2. The van der Waals surface area contributed by atoms with Crippen molar-refractivity contribution >= 4 is 11.8 Å². The Morgan fingerprint density at radius 3 is 2.20 bits per heavy atom. The largest absolute Gasteiger partial charge is 0.352 e. The number of nitrogens with zero attached hydrogens (tertiary/aromatic N) is 2. The first-order valence-corrected chi connectivity index (χ1v) is 7.82. The molecule has 114 valence electrons. The Kier molecular flexibility index (Phi) is 5.40. The van der Waals surface area contributed by atoms with E-state index in [1.54, 1.807) is 6.92 Å². The number of rotatable bonds is 3. The Balaban J connectivity index is 1.66. The van der Waals surface area contributed by atoms with Crippen molar-refractivity contribution in [3.63, 3.8) is 0 Å². The molecule has 0 aromatic heterocycles. The molecule has 0 aromatic rings. The van der Waals surface area contributed by atoms with Gasteiger partial charge in [0.05, 0.1) is 6.54 Å². The van der Waals surface area contributed by atoms with Crippen LogP contribution >= 0.6 is 0 Å². The Morgan fingerprint density at radius 1 is 1.05 bits per heavy atom. The van der Waals surface area contributed by atoms with Crippen molar-refractivity contribution in [2.45, 2.75) is 45.6 Å². The lowest BCUT2D eigenvalue weighted by Crippen LogP contribution is -2.49. The van der Waals surface area contributed by atoms with Gasteiger partial charge in [0.1, 0.15) is 0 Å². The van der Waals surface area contributed by atoms with Crippen LogP contribution in [0.25, 0.3) is 0 Å². The van der Waals surface area contributed by atoms with E-state index >= 15 is 0 Å². The molecule has 0 bridgehead atoms. The minimum atomic E-state index is 0.136. The van der Waals surface area contributed by atoms with Gasteiger partial charge in [0.15, 0.2) is 0 Å². The fraction of sp³-hybridized carbons (Fsp3) is 0.867. The summed E-state index contributed by atoms with van der Waals surface area (Å²) in [5.41, 5.74) is 0. The van der Waals surface area contributed by atoms with Crippen LogP contribution in [-0.4, -0.2) is 60.4 Å². The third-order valence-electron chi connectivity index (χ3n) is 4.55. The highest BCUT2D eigenvalue weighted by molar-refractivity contribution is 5.78. The maximum Gasteiger partial charge on any atom is 0.234 e. The molecule has 20 heavy (non-hydrogen) atoms. The maximum atomic E-state index is 12.0. The van der Waals surface area contributed by atoms with Crippen molar-refractivity contribution in [2.75, 3.05) is 32.7 Å². The van der Waals surface area contributed by atoms with Crippen LogP contribution < -0.4 is 5.32 Å². The van der Waals surface area contributed by atoms with Crippen LogP contribution in [0.15, 0.2) is 0 Å². The number of piperidine rings is 2. The van der Waals surface area contributed by atoms with Gasteiger partial charge in [-0.2, -0.15) is 0 Å². The zero-order valence-corrected chi connectivity index (χ0v) is 12.7. The zero-order chi connectivity index (χ0) is 14.5. The molecule has 2 heterocycles. The lowest BCUT2D eigenvalue weighted by molar-refractivity contribution is -0.130. The van der Waals surface area contributed by atoms with E-state index < -0.39 is 0 Å². The second-order valence-corrected chi connectivity index (χ2v) is 6.31. The van der Waals surface area contributed by atoms with Gasteiger partial charge in [0.25, 0.3) is 0 Å². The average Bonchev–Trinajstić information content (AvgIpc) is 2.42. The maximum absolute atomic E-state index is 12.0. The second kappa shape index (κ2) is 7.07. The molecule has 0 atom stereocenters. The third kappa shape index (κ3) is 4.47. The summed E-state index contributed by atoms with van der Waals surface area (Å²) in [5, 5.41) is 3.12. The Hall–Kier alpha value is -1.10. The highest BCUT2D eigenvalue weighted by atomic mass is 16.2. The van der Waals surface area contributed by atoms with E-state index in [-0.39, 0.29) is 17.9 Å². The molecule has 2 aliphatic rings. The molecule has 5 nitrogen and oxygen atoms in total. The van der Waals surface area contributed by atoms with Gasteiger partial charge in [-0.1, -0.05) is 6.92 Å². The van der Waals surface area contributed by atoms with Gasteiger partial charge in [-0.3, -0.25) is 14.5 Å². The number of nitrogens with one attached hydrogen (secondary N) is 1. The first-order valence-electron chi connectivity index (χ1n) is 7.82. The molecule has 0 saturated carbocycles. The van der Waals surface area contributed by atoms with Crippen LogP contribution in [0.4, 0.5) is 0 Å². The summed E-state index contributed by atoms with van der Waals surface area (Å²) in [5.74, 6) is 1.07. The summed E-state index contributed by atoms with van der Waals surface area (Å²) in [7, 11) is 0. The van der Waals surface area contributed by atoms with Gasteiger partial charge in [0.2, 0.25) is 11.8 Å². The van der Waals surface area contributed by atoms with Crippen LogP contribution in [0.1, 0.15) is 39.5 Å². The van der Waals surface area contributed by atoms with Crippen LogP contribution in [-0.2, 0) is 9.59 Å². The van der Waals surface area contributed by atoms with Gasteiger partial charge in [-0.05, 0) is 44.7 Å². The van der Waals surface area contributed by atoms with Crippen molar-refractivity contribution < 1.29 is 9.59 Å². The SMILES string of the molecule is CC(=O)N1CCC(NC(=O)CN2CCC(C)CC2)CC1. The van der Waals surface area contributed by atoms with E-state index in [4.69, 9.17) is 0 Å². The van der Waals surface area contributed by atoms with Crippen molar-refractivity contribution in [3.05, 3.63) is 0 Å². The van der Waals surface area contributed by atoms with Crippen LogP contribution in [0.5, 0.6) is 0 Å². The summed E-state index contributed by atoms with van der Waals surface area (Å²) >= 11 is 0. The van der Waals surface area contributed by atoms with Gasteiger partial charge in [-0.25, -0.2) is 0 Å². The fourth-order valence-electron chi connectivity index (χ4n) is 3.04. The molecule has 0 unspecified atom stereocenters. The van der Waals surface area contributed by atoms with Gasteiger partial charge in [0, 0.05) is 26.1 Å². The summed E-state index contributed by atoms with van der Waals surface area (Å²) in [6.45, 7) is 8.02. The molecule has 5 heteroatoms. The van der Waals surface area contributed by atoms with E-state index in [9.17, 15) is 9.59 Å². The van der Waals surface area contributed by atoms with E-state index in [1.165, 1.54) is 12.8 Å². The van der Waals surface area contributed by atoms with Crippen molar-refractivity contribution in [2.24, 2.45) is 5.92 Å². The number of carbonyl (C=O) groups is 2. The van der Waals surface area contributed by atoms with E-state index in [1.807, 2.05) is 4.90 Å². The summed E-state index contributed by atoms with van der Waals surface area (Å²) in [4.78, 5) is 27.4. The number of hydrogen-bond donors (Lipinski definition) is 1. The molecule has 2 aliphatic heterocycles. The predicted octanol–water partition coefficient (Wildman–Crippen LogP) is 0.845. The van der Waals surface area contributed by atoms with Gasteiger partial charge < -0.3 is 10.2 Å². The Labute approximate surface area is 121 Å². The summed E-state index contributed by atoms with van der Waals surface area (Å²) < 4.78 is 0. The molecule has 1 N–H and O–H groups in total. The van der Waals surface area contributed by atoms with E-state index in [2.05, 4.69) is 17.1 Å². The minimum Gasteiger partial charge on any atom is -0.352 e. The molecule has 2 rings (SSSR count). The topological polar surface area (TPSA) is 52.7 Å². The van der Waals surface area contributed by atoms with Crippen molar-refractivity contribution in [3.8, 4) is 0 Å². The lowest BCUT2D eigenvalue weighted by atomic mass is 9.99. The normalized spacial score (nSPS) is 22.8. The smallest absolute Gasteiger partial charge is 0.234 e. The molecule has 2 fully saturated rings. The molecule has 2 amide bonds. The van der Waals surface area contributed by atoms with Crippen molar-refractivity contribution in [1.29, 1.82) is 0 Å². The summed E-state index contributed by atoms with van der Waals surface area (Å²) in [6, 6.07) is 0.238. The minimum absolute atomic E-state index is 0.136. The highest BCUT2D eigenvalue weighted by Gasteiger charge is 2.23. The quantitative estimate of drug-likeness (QED) is 0.834. The standard InChI is InChI=1S/C15H27N3O2/c1-12-3-7-17(8-4-12)11-15(20)16-14-5-9-18(10-6-14)13(2)19/h12,14H,3-11H2,1-2H3,(H,16,20). The zero-order valence-electron chi connectivity index (χ0n) is 12.7. The van der Waals surface area contributed by atoms with Crippen LogP contribution in [0.2, 0.25) is 0 Å². The number of amides is 2. The monoisotopic (exact) mass is 281 g/mol. The Morgan fingerprint density at radius 2 is 1.65 bits per heavy atom. The number of carbonyl (C=O) groups excluding carboxylic acids is 2.